The van der Waals surface area contributed by atoms with Crippen LogP contribution in [0.3, 0.4) is 0 Å². The zero-order valence-electron chi connectivity index (χ0n) is 13.3. The van der Waals surface area contributed by atoms with Crippen molar-refractivity contribution >= 4 is 16.0 Å². The molecule has 0 atom stereocenters. The second-order valence-corrected chi connectivity index (χ2v) is 7.70. The van der Waals surface area contributed by atoms with E-state index in [1.54, 1.807) is 24.3 Å². The molecule has 1 aromatic rings. The lowest BCUT2D eigenvalue weighted by atomic mass is 10.2. The summed E-state index contributed by atoms with van der Waals surface area (Å²) < 4.78 is 25.2. The monoisotopic (exact) mass is 324 g/mol. The molecule has 1 aromatic carbocycles. The quantitative estimate of drug-likeness (QED) is 0.608. The molecule has 0 amide bonds. The number of aliphatic imine (C=N–C) groups is 1. The van der Waals surface area contributed by atoms with Crippen LogP contribution in [0.4, 0.5) is 0 Å². The summed E-state index contributed by atoms with van der Waals surface area (Å²) >= 11 is 0. The molecule has 0 bridgehead atoms. The van der Waals surface area contributed by atoms with E-state index >= 15 is 0 Å². The van der Waals surface area contributed by atoms with Gasteiger partial charge in [0.05, 0.1) is 11.4 Å². The third-order valence-electron chi connectivity index (χ3n) is 3.38. The number of rotatable bonds is 6. The van der Waals surface area contributed by atoms with Gasteiger partial charge in [-0.1, -0.05) is 12.1 Å². The number of hydrogen-bond acceptors (Lipinski definition) is 3. The van der Waals surface area contributed by atoms with Crippen LogP contribution in [0.5, 0.6) is 0 Å². The van der Waals surface area contributed by atoms with E-state index in [4.69, 9.17) is 0 Å². The van der Waals surface area contributed by atoms with Gasteiger partial charge in [-0.2, -0.15) is 0 Å². The summed E-state index contributed by atoms with van der Waals surface area (Å²) in [5, 5.41) is 6.56. The van der Waals surface area contributed by atoms with Gasteiger partial charge in [0.2, 0.25) is 10.0 Å². The maximum atomic E-state index is 12.0. The third-order valence-corrected chi connectivity index (χ3v) is 5.21. The van der Waals surface area contributed by atoms with Crippen LogP contribution in [-0.4, -0.2) is 45.4 Å². The molecular formula is C15H24N4O2S. The van der Waals surface area contributed by atoms with Crippen LogP contribution in [0.2, 0.25) is 0 Å². The molecule has 1 fully saturated rings. The largest absolute Gasteiger partial charge is 0.357 e. The van der Waals surface area contributed by atoms with Gasteiger partial charge in [-0.3, -0.25) is 0 Å². The minimum absolute atomic E-state index is 0.299. The Bertz CT molecular complexity index is 619. The highest BCUT2D eigenvalue weighted by Crippen LogP contribution is 2.18. The fourth-order valence-corrected chi connectivity index (χ4v) is 2.79. The van der Waals surface area contributed by atoms with Gasteiger partial charge in [-0.25, -0.2) is 17.7 Å². The molecule has 0 aromatic heterocycles. The maximum absolute atomic E-state index is 12.0. The van der Waals surface area contributed by atoms with Gasteiger partial charge in [0, 0.05) is 26.7 Å². The van der Waals surface area contributed by atoms with Gasteiger partial charge < -0.3 is 10.6 Å². The van der Waals surface area contributed by atoms with Gasteiger partial charge in [-0.05, 0) is 37.5 Å². The number of guanidine groups is 1. The number of hydrogen-bond donors (Lipinski definition) is 2. The van der Waals surface area contributed by atoms with E-state index in [-0.39, 0.29) is 0 Å². The highest BCUT2D eigenvalue weighted by Gasteiger charge is 2.22. The second-order valence-electron chi connectivity index (χ2n) is 5.55. The number of nitrogens with zero attached hydrogens (tertiary/aromatic N) is 2. The molecule has 2 N–H and O–H groups in total. The summed E-state index contributed by atoms with van der Waals surface area (Å²) in [6.07, 6.45) is 2.39. The smallest absolute Gasteiger partial charge is 0.242 e. The van der Waals surface area contributed by atoms with Crippen LogP contribution in [-0.2, 0) is 16.6 Å². The van der Waals surface area contributed by atoms with E-state index in [0.717, 1.165) is 18.1 Å². The van der Waals surface area contributed by atoms with Crippen molar-refractivity contribution in [2.75, 3.05) is 20.6 Å². The summed E-state index contributed by atoms with van der Waals surface area (Å²) in [4.78, 5) is 4.82. The number of benzene rings is 1. The Labute approximate surface area is 132 Å². The summed E-state index contributed by atoms with van der Waals surface area (Å²) in [5.41, 5.74) is 0.978. The molecule has 0 radical (unpaired) electrons. The van der Waals surface area contributed by atoms with Crippen molar-refractivity contribution in [2.45, 2.75) is 37.2 Å². The number of nitrogens with one attached hydrogen (secondary N) is 2. The van der Waals surface area contributed by atoms with E-state index in [1.165, 1.54) is 31.2 Å². The first-order valence-electron chi connectivity index (χ1n) is 7.50. The lowest BCUT2D eigenvalue weighted by Gasteiger charge is -2.12. The van der Waals surface area contributed by atoms with Crippen molar-refractivity contribution in [1.29, 1.82) is 0 Å². The van der Waals surface area contributed by atoms with Crippen LogP contribution in [0, 0.1) is 0 Å². The van der Waals surface area contributed by atoms with Crippen LogP contribution >= 0.6 is 0 Å². The molecule has 6 nitrogen and oxygen atoms in total. The van der Waals surface area contributed by atoms with Gasteiger partial charge >= 0.3 is 0 Å². The minimum atomic E-state index is -3.37. The predicted octanol–water partition coefficient (Wildman–Crippen LogP) is 1.15. The Kier molecular flexibility index (Phi) is 5.42. The third kappa shape index (κ3) is 4.45. The Balaban J connectivity index is 2.03. The van der Waals surface area contributed by atoms with Crippen LogP contribution in [0.25, 0.3) is 0 Å². The first-order valence-corrected chi connectivity index (χ1v) is 8.94. The zero-order valence-corrected chi connectivity index (χ0v) is 14.2. The van der Waals surface area contributed by atoms with E-state index in [1.807, 2.05) is 6.92 Å². The summed E-state index contributed by atoms with van der Waals surface area (Å²) in [7, 11) is -0.313. The van der Waals surface area contributed by atoms with E-state index in [9.17, 15) is 8.42 Å². The Morgan fingerprint density at radius 2 is 1.91 bits per heavy atom. The van der Waals surface area contributed by atoms with Crippen molar-refractivity contribution in [3.8, 4) is 0 Å². The SMILES string of the molecule is CCNC(=NCc1ccc(S(=O)(=O)N(C)C)cc1)NC1CC1. The average Bonchev–Trinajstić information content (AvgIpc) is 3.29. The fraction of sp³-hybridized carbons (Fsp3) is 0.533. The summed E-state index contributed by atoms with van der Waals surface area (Å²) in [5.74, 6) is 0.815. The molecule has 1 saturated carbocycles. The Hall–Kier alpha value is -1.60. The molecule has 0 spiro atoms. The standard InChI is InChI=1S/C15H24N4O2S/c1-4-16-15(18-13-7-8-13)17-11-12-5-9-14(10-6-12)22(20,21)19(2)3/h5-6,9-10,13H,4,7-8,11H2,1-3H3,(H2,16,17,18). The van der Waals surface area contributed by atoms with Crippen LogP contribution in [0.15, 0.2) is 34.2 Å². The van der Waals surface area contributed by atoms with Gasteiger partial charge in [-0.15, -0.1) is 0 Å². The Morgan fingerprint density at radius 1 is 1.27 bits per heavy atom. The lowest BCUT2D eigenvalue weighted by molar-refractivity contribution is 0.520. The lowest BCUT2D eigenvalue weighted by Crippen LogP contribution is -2.38. The molecule has 0 aliphatic heterocycles. The topological polar surface area (TPSA) is 73.8 Å². The molecule has 22 heavy (non-hydrogen) atoms. The summed E-state index contributed by atoms with van der Waals surface area (Å²) in [6, 6.07) is 7.41. The molecule has 0 unspecified atom stereocenters. The van der Waals surface area contributed by atoms with Crippen LogP contribution in [0.1, 0.15) is 25.3 Å². The maximum Gasteiger partial charge on any atom is 0.242 e. The Morgan fingerprint density at radius 3 is 2.41 bits per heavy atom. The molecule has 7 heteroatoms. The predicted molar refractivity (Wildman–Crippen MR) is 88.3 cm³/mol. The van der Waals surface area contributed by atoms with E-state index in [2.05, 4.69) is 15.6 Å². The van der Waals surface area contributed by atoms with Crippen molar-refractivity contribution < 1.29 is 8.42 Å². The highest BCUT2D eigenvalue weighted by atomic mass is 32.2. The average molecular weight is 324 g/mol. The molecule has 2 rings (SSSR count). The van der Waals surface area contributed by atoms with Crippen molar-refractivity contribution in [3.05, 3.63) is 29.8 Å². The minimum Gasteiger partial charge on any atom is -0.357 e. The molecule has 0 heterocycles. The van der Waals surface area contributed by atoms with Gasteiger partial charge in [0.15, 0.2) is 5.96 Å². The second kappa shape index (κ2) is 7.11. The molecule has 122 valence electrons. The van der Waals surface area contributed by atoms with Crippen molar-refractivity contribution in [2.24, 2.45) is 4.99 Å². The van der Waals surface area contributed by atoms with Crippen molar-refractivity contribution in [3.63, 3.8) is 0 Å². The first kappa shape index (κ1) is 16.8. The molecule has 1 aliphatic rings. The highest BCUT2D eigenvalue weighted by molar-refractivity contribution is 7.89. The van der Waals surface area contributed by atoms with E-state index in [0.29, 0.717) is 17.5 Å². The van der Waals surface area contributed by atoms with Crippen LogP contribution < -0.4 is 10.6 Å². The number of sulfonamides is 1. The first-order chi connectivity index (χ1) is 10.4. The van der Waals surface area contributed by atoms with Gasteiger partial charge in [0.1, 0.15) is 0 Å². The molecule has 0 saturated heterocycles. The van der Waals surface area contributed by atoms with Gasteiger partial charge in [0.25, 0.3) is 0 Å². The normalized spacial score (nSPS) is 15.9. The van der Waals surface area contributed by atoms with Crippen molar-refractivity contribution in [1.82, 2.24) is 14.9 Å². The fourth-order valence-electron chi connectivity index (χ4n) is 1.89. The molecule has 1 aliphatic carbocycles. The summed E-state index contributed by atoms with van der Waals surface area (Å²) in [6.45, 7) is 3.37. The zero-order chi connectivity index (χ0) is 16.2. The van der Waals surface area contributed by atoms with E-state index < -0.39 is 10.0 Å². The molecular weight excluding hydrogens is 300 g/mol.